The molecule has 1 saturated heterocycles. The number of nitrogens with two attached hydrogens (primary N) is 1. The predicted molar refractivity (Wildman–Crippen MR) is 112 cm³/mol. The van der Waals surface area contributed by atoms with E-state index in [2.05, 4.69) is 34.1 Å². The first-order valence-corrected chi connectivity index (χ1v) is 9.92. The molecule has 5 nitrogen and oxygen atoms in total. The van der Waals surface area contributed by atoms with E-state index in [4.69, 9.17) is 5.73 Å². The first-order valence-electron chi connectivity index (χ1n) is 9.92. The highest BCUT2D eigenvalue weighted by molar-refractivity contribution is 5.92. The number of piperidine rings is 1. The van der Waals surface area contributed by atoms with Gasteiger partial charge in [-0.2, -0.15) is 0 Å². The first-order chi connectivity index (χ1) is 13.4. The molecule has 3 N–H and O–H groups in total. The molecular weight excluding hydrogens is 350 g/mol. The summed E-state index contributed by atoms with van der Waals surface area (Å²) in [6.07, 6.45) is 1.65. The fraction of sp³-hybridized carbons (Fsp3) is 0.435. The Kier molecular flexibility index (Phi) is 6.50. The minimum Gasteiger partial charge on any atom is -0.385 e. The van der Waals surface area contributed by atoms with Gasteiger partial charge >= 0.3 is 0 Å². The molecular formula is C23H31N3O2. The van der Waals surface area contributed by atoms with Crippen LogP contribution in [0.5, 0.6) is 0 Å². The van der Waals surface area contributed by atoms with Gasteiger partial charge in [-0.3, -0.25) is 4.79 Å². The summed E-state index contributed by atoms with van der Waals surface area (Å²) in [4.78, 5) is 16.2. The molecule has 2 unspecified atom stereocenters. The third kappa shape index (κ3) is 4.79. The van der Waals surface area contributed by atoms with Crippen molar-refractivity contribution in [2.75, 3.05) is 40.3 Å². The molecule has 1 aliphatic heterocycles. The van der Waals surface area contributed by atoms with E-state index in [1.165, 1.54) is 5.56 Å². The Hall–Kier alpha value is -2.21. The van der Waals surface area contributed by atoms with Crippen LogP contribution in [-0.4, -0.2) is 61.1 Å². The number of nitrogens with zero attached hydrogens (tertiary/aromatic N) is 2. The molecule has 5 heteroatoms. The van der Waals surface area contributed by atoms with Crippen LogP contribution in [0.4, 0.5) is 0 Å². The van der Waals surface area contributed by atoms with Crippen molar-refractivity contribution in [2.24, 2.45) is 11.7 Å². The van der Waals surface area contributed by atoms with Gasteiger partial charge in [-0.05, 0) is 50.2 Å². The zero-order valence-corrected chi connectivity index (χ0v) is 16.8. The van der Waals surface area contributed by atoms with Gasteiger partial charge in [-0.1, -0.05) is 42.5 Å². The summed E-state index contributed by atoms with van der Waals surface area (Å²) >= 11 is 0. The fourth-order valence-corrected chi connectivity index (χ4v) is 4.19. The van der Waals surface area contributed by atoms with Gasteiger partial charge in [0.05, 0.1) is 5.60 Å². The van der Waals surface area contributed by atoms with Crippen LogP contribution in [0, 0.1) is 5.92 Å². The maximum atomic E-state index is 11.7. The van der Waals surface area contributed by atoms with Gasteiger partial charge in [-0.15, -0.1) is 0 Å². The molecule has 0 radical (unpaired) electrons. The van der Waals surface area contributed by atoms with Gasteiger partial charge in [0.25, 0.3) is 0 Å². The van der Waals surface area contributed by atoms with E-state index in [9.17, 15) is 9.90 Å². The number of aliphatic hydroxyl groups is 1. The second-order valence-corrected chi connectivity index (χ2v) is 8.11. The number of carbonyl (C=O) groups is 1. The average molecular weight is 382 g/mol. The van der Waals surface area contributed by atoms with Crippen molar-refractivity contribution >= 4 is 5.91 Å². The molecule has 0 aliphatic carbocycles. The lowest BCUT2D eigenvalue weighted by Gasteiger charge is -2.46. The summed E-state index contributed by atoms with van der Waals surface area (Å²) in [6, 6.07) is 17.7. The minimum atomic E-state index is -0.959. The SMILES string of the molecule is CN(C)CC1CN(CCc2ccccc2)CCC1(O)c1cccc(C(N)=O)c1. The number of hydrogen-bond acceptors (Lipinski definition) is 4. The van der Waals surface area contributed by atoms with Crippen LogP contribution in [0.15, 0.2) is 54.6 Å². The predicted octanol–water partition coefficient (Wildman–Crippen LogP) is 2.10. The van der Waals surface area contributed by atoms with E-state index in [0.717, 1.165) is 38.2 Å². The molecule has 28 heavy (non-hydrogen) atoms. The quantitative estimate of drug-likeness (QED) is 0.771. The molecule has 1 fully saturated rings. The molecule has 0 saturated carbocycles. The van der Waals surface area contributed by atoms with Crippen LogP contribution in [0.2, 0.25) is 0 Å². The summed E-state index contributed by atoms with van der Waals surface area (Å²) in [6.45, 7) is 3.40. The Morgan fingerprint density at radius 3 is 2.64 bits per heavy atom. The molecule has 1 aliphatic rings. The van der Waals surface area contributed by atoms with E-state index in [-0.39, 0.29) is 5.92 Å². The van der Waals surface area contributed by atoms with Crippen molar-refractivity contribution in [2.45, 2.75) is 18.4 Å². The first kappa shape index (κ1) is 20.5. The Bertz CT molecular complexity index is 793. The highest BCUT2D eigenvalue weighted by atomic mass is 16.3. The van der Waals surface area contributed by atoms with E-state index in [1.807, 2.05) is 32.3 Å². The second-order valence-electron chi connectivity index (χ2n) is 8.11. The summed E-state index contributed by atoms with van der Waals surface area (Å²) in [5, 5.41) is 11.7. The maximum absolute atomic E-state index is 11.7. The van der Waals surface area contributed by atoms with Crippen molar-refractivity contribution in [3.05, 3.63) is 71.3 Å². The van der Waals surface area contributed by atoms with E-state index < -0.39 is 11.5 Å². The van der Waals surface area contributed by atoms with Crippen molar-refractivity contribution in [3.8, 4) is 0 Å². The Morgan fingerprint density at radius 1 is 1.21 bits per heavy atom. The van der Waals surface area contributed by atoms with Crippen LogP contribution >= 0.6 is 0 Å². The standard InChI is InChI=1S/C23H31N3O2/c1-25(2)16-21-17-26(13-11-18-7-4-3-5-8-18)14-12-23(21,28)20-10-6-9-19(15-20)22(24)27/h3-10,15,21,28H,11-14,16-17H2,1-2H3,(H2,24,27). The molecule has 3 rings (SSSR count). The van der Waals surface area contributed by atoms with Gasteiger partial charge in [0, 0.05) is 37.7 Å². The molecule has 1 amide bonds. The van der Waals surface area contributed by atoms with Gasteiger partial charge in [0.15, 0.2) is 0 Å². The third-order valence-corrected chi connectivity index (χ3v) is 5.76. The lowest BCUT2D eigenvalue weighted by Crippen LogP contribution is -2.53. The highest BCUT2D eigenvalue weighted by Gasteiger charge is 2.43. The molecule has 0 spiro atoms. The molecule has 0 aromatic heterocycles. The minimum absolute atomic E-state index is 0.0511. The number of rotatable bonds is 7. The lowest BCUT2D eigenvalue weighted by atomic mass is 9.75. The van der Waals surface area contributed by atoms with Gasteiger partial charge in [0.1, 0.15) is 0 Å². The molecule has 2 aromatic rings. The Balaban J connectivity index is 1.76. The summed E-state index contributed by atoms with van der Waals surface area (Å²) < 4.78 is 0. The Morgan fingerprint density at radius 2 is 1.96 bits per heavy atom. The maximum Gasteiger partial charge on any atom is 0.248 e. The third-order valence-electron chi connectivity index (χ3n) is 5.76. The van der Waals surface area contributed by atoms with E-state index in [1.54, 1.807) is 12.1 Å². The van der Waals surface area contributed by atoms with Crippen LogP contribution in [0.3, 0.4) is 0 Å². The smallest absolute Gasteiger partial charge is 0.248 e. The average Bonchev–Trinajstić information content (AvgIpc) is 2.69. The number of carbonyl (C=O) groups excluding carboxylic acids is 1. The van der Waals surface area contributed by atoms with Gasteiger partial charge in [0.2, 0.25) is 5.91 Å². The molecule has 150 valence electrons. The van der Waals surface area contributed by atoms with Gasteiger partial charge in [-0.25, -0.2) is 0 Å². The zero-order valence-electron chi connectivity index (χ0n) is 16.8. The number of primary amides is 1. The van der Waals surface area contributed by atoms with Crippen molar-refractivity contribution in [3.63, 3.8) is 0 Å². The normalized spacial score (nSPS) is 23.1. The number of benzene rings is 2. The van der Waals surface area contributed by atoms with Crippen LogP contribution < -0.4 is 5.73 Å². The van der Waals surface area contributed by atoms with Crippen molar-refractivity contribution in [1.29, 1.82) is 0 Å². The molecule has 2 atom stereocenters. The Labute approximate surface area is 167 Å². The van der Waals surface area contributed by atoms with E-state index >= 15 is 0 Å². The van der Waals surface area contributed by atoms with Crippen LogP contribution in [0.1, 0.15) is 27.9 Å². The monoisotopic (exact) mass is 381 g/mol. The number of amides is 1. The van der Waals surface area contributed by atoms with E-state index in [0.29, 0.717) is 12.0 Å². The topological polar surface area (TPSA) is 69.8 Å². The zero-order chi connectivity index (χ0) is 20.1. The van der Waals surface area contributed by atoms with Crippen molar-refractivity contribution < 1.29 is 9.90 Å². The lowest BCUT2D eigenvalue weighted by molar-refractivity contribution is -0.0843. The summed E-state index contributed by atoms with van der Waals surface area (Å²) in [5.41, 5.74) is 7.06. The number of hydrogen-bond donors (Lipinski definition) is 2. The van der Waals surface area contributed by atoms with Crippen LogP contribution in [-0.2, 0) is 12.0 Å². The van der Waals surface area contributed by atoms with Crippen LogP contribution in [0.25, 0.3) is 0 Å². The molecule has 1 heterocycles. The molecule has 2 aromatic carbocycles. The summed E-state index contributed by atoms with van der Waals surface area (Å²) in [5.74, 6) is -0.412. The highest BCUT2D eigenvalue weighted by Crippen LogP contribution is 2.38. The number of likely N-dealkylation sites (tertiary alicyclic amines) is 1. The van der Waals surface area contributed by atoms with Crippen molar-refractivity contribution in [1.82, 2.24) is 9.80 Å². The second kappa shape index (κ2) is 8.86. The molecule has 0 bridgehead atoms. The summed E-state index contributed by atoms with van der Waals surface area (Å²) in [7, 11) is 4.06. The van der Waals surface area contributed by atoms with Gasteiger partial charge < -0.3 is 20.6 Å². The fourth-order valence-electron chi connectivity index (χ4n) is 4.19. The largest absolute Gasteiger partial charge is 0.385 e.